The zero-order chi connectivity index (χ0) is 14.2. The fraction of sp³-hybridized carbons (Fsp3) is 0.333. The second-order valence-corrected chi connectivity index (χ2v) is 5.52. The van der Waals surface area contributed by atoms with Gasteiger partial charge in [0.15, 0.2) is 0 Å². The Morgan fingerprint density at radius 3 is 2.15 bits per heavy atom. The third-order valence-electron chi connectivity index (χ3n) is 3.56. The van der Waals surface area contributed by atoms with E-state index < -0.39 is 0 Å². The number of aryl methyl sites for hydroxylation is 1. The van der Waals surface area contributed by atoms with Crippen LogP contribution in [-0.2, 0) is 11.2 Å². The van der Waals surface area contributed by atoms with Crippen LogP contribution in [0.3, 0.4) is 0 Å². The molecule has 0 radical (unpaired) electrons. The molecule has 0 N–H and O–H groups in total. The predicted molar refractivity (Wildman–Crippen MR) is 85.2 cm³/mol. The van der Waals surface area contributed by atoms with Crippen molar-refractivity contribution in [2.75, 3.05) is 7.11 Å². The highest BCUT2D eigenvalue weighted by Crippen LogP contribution is 2.27. The summed E-state index contributed by atoms with van der Waals surface area (Å²) in [5, 5.41) is 0.0110. The summed E-state index contributed by atoms with van der Waals surface area (Å²) >= 11 is 6.48. The highest BCUT2D eigenvalue weighted by atomic mass is 35.5. The number of hydrogen-bond donors (Lipinski definition) is 0. The van der Waals surface area contributed by atoms with Crippen molar-refractivity contribution in [3.8, 4) is 0 Å². The number of alkyl halides is 1. The van der Waals surface area contributed by atoms with Gasteiger partial charge in [0.05, 0.1) is 11.5 Å². The van der Waals surface area contributed by atoms with E-state index in [4.69, 9.17) is 16.3 Å². The topological polar surface area (TPSA) is 9.23 Å². The number of methoxy groups -OCH3 is 1. The molecule has 0 aromatic heterocycles. The first kappa shape index (κ1) is 15.1. The van der Waals surface area contributed by atoms with Crippen molar-refractivity contribution in [1.82, 2.24) is 0 Å². The van der Waals surface area contributed by atoms with Gasteiger partial charge in [0.25, 0.3) is 0 Å². The minimum atomic E-state index is 0.0110. The van der Waals surface area contributed by atoms with Gasteiger partial charge in [0.1, 0.15) is 0 Å². The van der Waals surface area contributed by atoms with Gasteiger partial charge in [0.2, 0.25) is 0 Å². The Hall–Kier alpha value is -1.31. The summed E-state index contributed by atoms with van der Waals surface area (Å²) in [7, 11) is 1.77. The van der Waals surface area contributed by atoms with Gasteiger partial charge in [-0.25, -0.2) is 0 Å². The smallest absolute Gasteiger partial charge is 0.0609 e. The monoisotopic (exact) mass is 288 g/mol. The van der Waals surface area contributed by atoms with Crippen molar-refractivity contribution >= 4 is 11.6 Å². The SMILES string of the molecule is COC(CCc1ccccc1)CC(Cl)c1ccccc1. The van der Waals surface area contributed by atoms with Crippen molar-refractivity contribution in [2.45, 2.75) is 30.7 Å². The van der Waals surface area contributed by atoms with Crippen LogP contribution in [0.4, 0.5) is 0 Å². The number of rotatable bonds is 7. The highest BCUT2D eigenvalue weighted by Gasteiger charge is 2.15. The third kappa shape index (κ3) is 4.66. The summed E-state index contributed by atoms with van der Waals surface area (Å²) in [6.07, 6.45) is 3.06. The van der Waals surface area contributed by atoms with Gasteiger partial charge < -0.3 is 4.74 Å². The molecule has 0 aliphatic carbocycles. The number of ether oxygens (including phenoxy) is 1. The van der Waals surface area contributed by atoms with Gasteiger partial charge in [-0.2, -0.15) is 0 Å². The lowest BCUT2D eigenvalue weighted by atomic mass is 10.0. The largest absolute Gasteiger partial charge is 0.381 e. The molecule has 0 spiro atoms. The molecule has 0 amide bonds. The van der Waals surface area contributed by atoms with Crippen LogP contribution in [0, 0.1) is 0 Å². The molecule has 0 heterocycles. The standard InChI is InChI=1S/C18H21ClO/c1-20-17(13-12-15-8-4-2-5-9-15)14-18(19)16-10-6-3-7-11-16/h2-11,17-18H,12-14H2,1H3. The molecular weight excluding hydrogens is 268 g/mol. The van der Waals surface area contributed by atoms with Gasteiger partial charge in [-0.3, -0.25) is 0 Å². The lowest BCUT2D eigenvalue weighted by Crippen LogP contribution is -2.14. The zero-order valence-electron chi connectivity index (χ0n) is 11.8. The summed E-state index contributed by atoms with van der Waals surface area (Å²) in [5.41, 5.74) is 2.51. The van der Waals surface area contributed by atoms with E-state index in [-0.39, 0.29) is 11.5 Å². The second kappa shape index (κ2) is 8.08. The molecule has 2 aromatic rings. The summed E-state index contributed by atoms with van der Waals surface area (Å²) in [6, 6.07) is 20.7. The summed E-state index contributed by atoms with van der Waals surface area (Å²) in [5.74, 6) is 0. The molecule has 1 nitrogen and oxygen atoms in total. The molecule has 20 heavy (non-hydrogen) atoms. The maximum Gasteiger partial charge on any atom is 0.0609 e. The first-order chi connectivity index (χ1) is 9.79. The fourth-order valence-corrected chi connectivity index (χ4v) is 2.68. The van der Waals surface area contributed by atoms with Crippen LogP contribution in [-0.4, -0.2) is 13.2 Å². The van der Waals surface area contributed by atoms with E-state index in [9.17, 15) is 0 Å². The molecule has 2 atom stereocenters. The highest BCUT2D eigenvalue weighted by molar-refractivity contribution is 6.20. The van der Waals surface area contributed by atoms with Gasteiger partial charge in [-0.15, -0.1) is 11.6 Å². The van der Waals surface area contributed by atoms with Crippen LogP contribution >= 0.6 is 11.6 Å². The minimum Gasteiger partial charge on any atom is -0.381 e. The van der Waals surface area contributed by atoms with E-state index in [2.05, 4.69) is 36.4 Å². The lowest BCUT2D eigenvalue weighted by molar-refractivity contribution is 0.0874. The lowest BCUT2D eigenvalue weighted by Gasteiger charge is -2.19. The maximum absolute atomic E-state index is 6.48. The average molecular weight is 289 g/mol. The van der Waals surface area contributed by atoms with Crippen molar-refractivity contribution in [2.24, 2.45) is 0 Å². The molecule has 0 fully saturated rings. The molecular formula is C18H21ClO. The maximum atomic E-state index is 6.48. The van der Waals surface area contributed by atoms with E-state index in [0.29, 0.717) is 0 Å². The Balaban J connectivity index is 1.86. The second-order valence-electron chi connectivity index (χ2n) is 5.00. The van der Waals surface area contributed by atoms with Crippen LogP contribution in [0.2, 0.25) is 0 Å². The van der Waals surface area contributed by atoms with Crippen molar-refractivity contribution in [1.29, 1.82) is 0 Å². The van der Waals surface area contributed by atoms with Crippen LogP contribution in [0.5, 0.6) is 0 Å². The number of halogens is 1. The molecule has 2 rings (SSSR count). The van der Waals surface area contributed by atoms with Gasteiger partial charge in [0, 0.05) is 7.11 Å². The van der Waals surface area contributed by atoms with Crippen LogP contribution in [0.15, 0.2) is 60.7 Å². The van der Waals surface area contributed by atoms with Crippen LogP contribution < -0.4 is 0 Å². The Morgan fingerprint density at radius 1 is 0.950 bits per heavy atom. The number of benzene rings is 2. The zero-order valence-corrected chi connectivity index (χ0v) is 12.6. The molecule has 2 unspecified atom stereocenters. The van der Waals surface area contributed by atoms with Crippen molar-refractivity contribution in [3.63, 3.8) is 0 Å². The Kier molecular flexibility index (Phi) is 6.10. The molecule has 2 heteroatoms. The molecule has 2 aromatic carbocycles. The van der Waals surface area contributed by atoms with Crippen LogP contribution in [0.1, 0.15) is 29.3 Å². The van der Waals surface area contributed by atoms with Crippen LogP contribution in [0.25, 0.3) is 0 Å². The van der Waals surface area contributed by atoms with Gasteiger partial charge >= 0.3 is 0 Å². The van der Waals surface area contributed by atoms with Gasteiger partial charge in [-0.1, -0.05) is 60.7 Å². The minimum absolute atomic E-state index is 0.0110. The van der Waals surface area contributed by atoms with E-state index in [1.54, 1.807) is 7.11 Å². The average Bonchev–Trinajstić information content (AvgIpc) is 2.53. The quantitative estimate of drug-likeness (QED) is 0.651. The molecule has 106 valence electrons. The molecule has 0 saturated carbocycles. The fourth-order valence-electron chi connectivity index (χ4n) is 2.33. The van der Waals surface area contributed by atoms with E-state index in [1.165, 1.54) is 5.56 Å². The van der Waals surface area contributed by atoms with Crippen molar-refractivity contribution in [3.05, 3.63) is 71.8 Å². The normalized spacial score (nSPS) is 13.9. The van der Waals surface area contributed by atoms with E-state index >= 15 is 0 Å². The van der Waals surface area contributed by atoms with E-state index in [1.807, 2.05) is 24.3 Å². The summed E-state index contributed by atoms with van der Waals surface area (Å²) < 4.78 is 5.58. The Labute approximate surface area is 126 Å². The molecule has 0 saturated heterocycles. The molecule has 0 bridgehead atoms. The first-order valence-electron chi connectivity index (χ1n) is 7.05. The first-order valence-corrected chi connectivity index (χ1v) is 7.49. The summed E-state index contributed by atoms with van der Waals surface area (Å²) in [6.45, 7) is 0. The molecule has 0 aliphatic rings. The van der Waals surface area contributed by atoms with E-state index in [0.717, 1.165) is 24.8 Å². The summed E-state index contributed by atoms with van der Waals surface area (Å²) in [4.78, 5) is 0. The predicted octanol–water partition coefficient (Wildman–Crippen LogP) is 5.00. The Morgan fingerprint density at radius 2 is 1.55 bits per heavy atom. The third-order valence-corrected chi connectivity index (χ3v) is 3.99. The van der Waals surface area contributed by atoms with Gasteiger partial charge in [-0.05, 0) is 30.4 Å². The molecule has 0 aliphatic heterocycles. The Bertz CT molecular complexity index is 483. The number of hydrogen-bond acceptors (Lipinski definition) is 1. The van der Waals surface area contributed by atoms with Crippen molar-refractivity contribution < 1.29 is 4.74 Å².